The van der Waals surface area contributed by atoms with E-state index in [2.05, 4.69) is 20.7 Å². The van der Waals surface area contributed by atoms with E-state index in [0.717, 1.165) is 19.1 Å². The predicted octanol–water partition coefficient (Wildman–Crippen LogP) is 3.53. The molecule has 8 heteroatoms. The molecule has 0 aromatic heterocycles. The number of nitrogens with zero attached hydrogens (tertiary/aromatic N) is 1. The maximum atomic E-state index is 14.7. The summed E-state index contributed by atoms with van der Waals surface area (Å²) in [6.07, 6.45) is 5.68. The van der Waals surface area contributed by atoms with Crippen LogP contribution in [0.2, 0.25) is 0 Å². The van der Waals surface area contributed by atoms with Crippen LogP contribution < -0.4 is 4.90 Å². The molecule has 0 amide bonds. The molecule has 0 atom stereocenters. The highest BCUT2D eigenvalue weighted by atomic mass is 79.9. The summed E-state index contributed by atoms with van der Waals surface area (Å²) in [5, 5.41) is 0. The number of anilines is 1. The van der Waals surface area contributed by atoms with Gasteiger partial charge in [-0.3, -0.25) is 0 Å². The third-order valence-electron chi connectivity index (χ3n) is 3.51. The molecule has 0 saturated heterocycles. The second-order valence-corrected chi connectivity index (χ2v) is 5.80. The van der Waals surface area contributed by atoms with Gasteiger partial charge in [0.2, 0.25) is 0 Å². The average molecular weight is 414 g/mol. The molecule has 25 heavy (non-hydrogen) atoms. The van der Waals surface area contributed by atoms with Crippen LogP contribution in [0.1, 0.15) is 5.56 Å². The summed E-state index contributed by atoms with van der Waals surface area (Å²) in [5.41, 5.74) is -0.751. The SMILES string of the molecule is COC(=O)C1=C(C(=O)OC)N(c2cc(Br)c(F)c(C)c2F)C=CC=C1. The topological polar surface area (TPSA) is 55.8 Å². The molecule has 1 aromatic rings. The van der Waals surface area contributed by atoms with Gasteiger partial charge in [-0.2, -0.15) is 0 Å². The molecule has 0 bridgehead atoms. The van der Waals surface area contributed by atoms with E-state index in [1.807, 2.05) is 0 Å². The maximum absolute atomic E-state index is 14.7. The molecule has 0 aliphatic carbocycles. The first-order valence-electron chi connectivity index (χ1n) is 7.02. The van der Waals surface area contributed by atoms with Crippen molar-refractivity contribution in [3.05, 3.63) is 63.4 Å². The minimum atomic E-state index is -0.880. The number of allylic oxidation sites excluding steroid dienone is 2. The third-order valence-corrected chi connectivity index (χ3v) is 4.08. The van der Waals surface area contributed by atoms with Crippen molar-refractivity contribution in [1.82, 2.24) is 0 Å². The summed E-state index contributed by atoms with van der Waals surface area (Å²) in [5.74, 6) is -3.31. The second-order valence-electron chi connectivity index (χ2n) is 4.95. The zero-order valence-corrected chi connectivity index (χ0v) is 15.2. The first-order chi connectivity index (χ1) is 11.8. The van der Waals surface area contributed by atoms with Gasteiger partial charge in [-0.1, -0.05) is 6.08 Å². The molecule has 132 valence electrons. The molecule has 1 aromatic carbocycles. The van der Waals surface area contributed by atoms with Crippen LogP contribution in [0.3, 0.4) is 0 Å². The van der Waals surface area contributed by atoms with E-state index in [9.17, 15) is 18.4 Å². The second kappa shape index (κ2) is 7.60. The Kier molecular flexibility index (Phi) is 5.73. The van der Waals surface area contributed by atoms with Crippen LogP contribution in [0.15, 0.2) is 46.2 Å². The fourth-order valence-corrected chi connectivity index (χ4v) is 2.76. The number of carbonyl (C=O) groups is 2. The highest BCUT2D eigenvalue weighted by Gasteiger charge is 2.30. The van der Waals surface area contributed by atoms with Gasteiger partial charge in [0.05, 0.1) is 30.0 Å². The zero-order chi connectivity index (χ0) is 18.7. The number of esters is 2. The van der Waals surface area contributed by atoms with Crippen molar-refractivity contribution in [1.29, 1.82) is 0 Å². The van der Waals surface area contributed by atoms with Crippen molar-refractivity contribution in [3.63, 3.8) is 0 Å². The summed E-state index contributed by atoms with van der Waals surface area (Å²) in [7, 11) is 2.28. The summed E-state index contributed by atoms with van der Waals surface area (Å²) >= 11 is 3.02. The Morgan fingerprint density at radius 3 is 2.32 bits per heavy atom. The van der Waals surface area contributed by atoms with Gasteiger partial charge in [-0.15, -0.1) is 0 Å². The lowest BCUT2D eigenvalue weighted by atomic mass is 10.1. The Morgan fingerprint density at radius 1 is 1.08 bits per heavy atom. The first-order valence-corrected chi connectivity index (χ1v) is 7.81. The van der Waals surface area contributed by atoms with Gasteiger partial charge in [-0.25, -0.2) is 18.4 Å². The molecule has 0 fully saturated rings. The molecule has 0 spiro atoms. The minimum absolute atomic E-state index is 0.0100. The fourth-order valence-electron chi connectivity index (χ4n) is 2.24. The van der Waals surface area contributed by atoms with Crippen molar-refractivity contribution in [2.45, 2.75) is 6.92 Å². The van der Waals surface area contributed by atoms with Gasteiger partial charge in [-0.05, 0) is 41.1 Å². The number of rotatable bonds is 3. The van der Waals surface area contributed by atoms with E-state index in [4.69, 9.17) is 4.74 Å². The minimum Gasteiger partial charge on any atom is -0.465 e. The molecule has 2 rings (SSSR count). The van der Waals surface area contributed by atoms with Crippen LogP contribution in [-0.4, -0.2) is 26.2 Å². The van der Waals surface area contributed by atoms with Crippen molar-refractivity contribution in [2.24, 2.45) is 0 Å². The molecule has 1 aliphatic heterocycles. The Labute approximate surface area is 151 Å². The van der Waals surface area contributed by atoms with Crippen LogP contribution in [0, 0.1) is 18.6 Å². The molecule has 0 saturated carbocycles. The van der Waals surface area contributed by atoms with Crippen LogP contribution in [0.25, 0.3) is 0 Å². The monoisotopic (exact) mass is 413 g/mol. The molecule has 5 nitrogen and oxygen atoms in total. The van der Waals surface area contributed by atoms with Crippen LogP contribution in [0.5, 0.6) is 0 Å². The number of hydrogen-bond donors (Lipinski definition) is 0. The molecular weight excluding hydrogens is 400 g/mol. The molecule has 0 unspecified atom stereocenters. The Balaban J connectivity index is 2.78. The number of halogens is 3. The average Bonchev–Trinajstić information content (AvgIpc) is 2.84. The quantitative estimate of drug-likeness (QED) is 0.560. The van der Waals surface area contributed by atoms with Gasteiger partial charge in [0.15, 0.2) is 5.82 Å². The van der Waals surface area contributed by atoms with Crippen molar-refractivity contribution in [2.75, 3.05) is 19.1 Å². The van der Waals surface area contributed by atoms with Gasteiger partial charge in [0.1, 0.15) is 11.5 Å². The maximum Gasteiger partial charge on any atom is 0.355 e. The lowest BCUT2D eigenvalue weighted by Crippen LogP contribution is -2.28. The highest BCUT2D eigenvalue weighted by molar-refractivity contribution is 9.10. The van der Waals surface area contributed by atoms with Gasteiger partial charge >= 0.3 is 11.9 Å². The third kappa shape index (κ3) is 3.48. The molecule has 1 aliphatic rings. The Hall–Kier alpha value is -2.48. The van der Waals surface area contributed by atoms with Crippen molar-refractivity contribution < 1.29 is 27.8 Å². The highest BCUT2D eigenvalue weighted by Crippen LogP contribution is 2.34. The Morgan fingerprint density at radius 2 is 1.72 bits per heavy atom. The number of hydrogen-bond acceptors (Lipinski definition) is 5. The largest absolute Gasteiger partial charge is 0.465 e. The molecular formula is C17H14BrF2NO4. The summed E-state index contributed by atoms with van der Waals surface area (Å²) in [4.78, 5) is 25.4. The zero-order valence-electron chi connectivity index (χ0n) is 13.6. The molecule has 1 heterocycles. The standard InChI is InChI=1S/C17H14BrF2NO4/c1-9-13(19)11(18)8-12(14(9)20)21-7-5-4-6-10(16(22)24-2)15(21)17(23)25-3/h4-8H,1-3H3. The summed E-state index contributed by atoms with van der Waals surface area (Å²) in [6.45, 7) is 1.27. The molecule has 0 N–H and O–H groups in total. The summed E-state index contributed by atoms with van der Waals surface area (Å²) in [6, 6.07) is 1.17. The fraction of sp³-hybridized carbons (Fsp3) is 0.176. The normalized spacial score (nSPS) is 13.8. The predicted molar refractivity (Wildman–Crippen MR) is 90.6 cm³/mol. The number of ether oxygens (including phenoxy) is 2. The van der Waals surface area contributed by atoms with Crippen molar-refractivity contribution >= 4 is 33.6 Å². The number of carbonyl (C=O) groups excluding carboxylic acids is 2. The molecule has 0 radical (unpaired) electrons. The Bertz CT molecular complexity index is 830. The van der Waals surface area contributed by atoms with E-state index in [-0.39, 0.29) is 27.0 Å². The van der Waals surface area contributed by atoms with E-state index in [1.165, 1.54) is 37.4 Å². The van der Waals surface area contributed by atoms with Crippen LogP contribution in [0.4, 0.5) is 14.5 Å². The summed E-state index contributed by atoms with van der Waals surface area (Å²) < 4.78 is 38.0. The van der Waals surface area contributed by atoms with E-state index in [0.29, 0.717) is 0 Å². The van der Waals surface area contributed by atoms with E-state index < -0.39 is 23.6 Å². The van der Waals surface area contributed by atoms with Crippen molar-refractivity contribution in [3.8, 4) is 0 Å². The lowest BCUT2D eigenvalue weighted by molar-refractivity contribution is -0.139. The lowest BCUT2D eigenvalue weighted by Gasteiger charge is -2.24. The van der Waals surface area contributed by atoms with Gasteiger partial charge in [0.25, 0.3) is 0 Å². The van der Waals surface area contributed by atoms with Crippen LogP contribution >= 0.6 is 15.9 Å². The van der Waals surface area contributed by atoms with E-state index >= 15 is 0 Å². The van der Waals surface area contributed by atoms with Gasteiger partial charge in [0, 0.05) is 11.8 Å². The first kappa shape index (κ1) is 18.9. The van der Waals surface area contributed by atoms with Gasteiger partial charge < -0.3 is 14.4 Å². The smallest absolute Gasteiger partial charge is 0.355 e. The van der Waals surface area contributed by atoms with Crippen LogP contribution in [-0.2, 0) is 19.1 Å². The number of benzene rings is 1. The van der Waals surface area contributed by atoms with E-state index in [1.54, 1.807) is 0 Å². The number of methoxy groups -OCH3 is 2.